The number of nitrogens with one attached hydrogen (secondary N) is 2. The van der Waals surface area contributed by atoms with Crippen LogP contribution in [0, 0.1) is 4.77 Å². The lowest BCUT2D eigenvalue weighted by molar-refractivity contribution is -0.137. The summed E-state index contributed by atoms with van der Waals surface area (Å²) in [5, 5.41) is 9.91. The molecule has 1 heterocycles. The number of amides is 1. The zero-order chi connectivity index (χ0) is 20.3. The van der Waals surface area contributed by atoms with E-state index >= 15 is 0 Å². The number of alkyl halides is 3. The lowest BCUT2D eigenvalue weighted by atomic mass is 10.1. The first-order valence-corrected chi connectivity index (χ1v) is 8.86. The Morgan fingerprint density at radius 2 is 1.93 bits per heavy atom. The van der Waals surface area contributed by atoms with Gasteiger partial charge in [0.25, 0.3) is 0 Å². The molecule has 0 aliphatic heterocycles. The van der Waals surface area contributed by atoms with Crippen LogP contribution in [0.25, 0.3) is 11.4 Å². The van der Waals surface area contributed by atoms with Crippen molar-refractivity contribution in [1.82, 2.24) is 20.1 Å². The molecule has 0 spiro atoms. The van der Waals surface area contributed by atoms with Gasteiger partial charge in [-0.05, 0) is 54.2 Å². The second-order valence-electron chi connectivity index (χ2n) is 5.92. The largest absolute Gasteiger partial charge is 0.416 e. The number of carbonyl (C=O) groups excluding carboxylic acids is 1. The van der Waals surface area contributed by atoms with Gasteiger partial charge in [-0.3, -0.25) is 14.5 Å². The SMILES string of the molecule is O=C(Cn1c(-c2ccc(Cl)cc2)n[nH]c1=S)NCc1cccc(C(F)(F)F)c1. The zero-order valence-electron chi connectivity index (χ0n) is 14.3. The van der Waals surface area contributed by atoms with Crippen molar-refractivity contribution in [2.45, 2.75) is 19.3 Å². The summed E-state index contributed by atoms with van der Waals surface area (Å²) in [4.78, 5) is 12.3. The number of rotatable bonds is 5. The molecule has 28 heavy (non-hydrogen) atoms. The van der Waals surface area contributed by atoms with Gasteiger partial charge in [-0.15, -0.1) is 0 Å². The van der Waals surface area contributed by atoms with Crippen molar-refractivity contribution < 1.29 is 18.0 Å². The van der Waals surface area contributed by atoms with Gasteiger partial charge in [-0.1, -0.05) is 23.7 Å². The number of hydrogen-bond acceptors (Lipinski definition) is 3. The molecule has 5 nitrogen and oxygen atoms in total. The summed E-state index contributed by atoms with van der Waals surface area (Å²) in [5.41, 5.74) is 0.292. The van der Waals surface area contributed by atoms with Crippen molar-refractivity contribution in [3.05, 3.63) is 69.5 Å². The third kappa shape index (κ3) is 4.79. The summed E-state index contributed by atoms with van der Waals surface area (Å²) in [6.45, 7) is -0.170. The quantitative estimate of drug-likeness (QED) is 0.586. The minimum absolute atomic E-state index is 0.0375. The van der Waals surface area contributed by atoms with Crippen molar-refractivity contribution in [3.8, 4) is 11.4 Å². The third-order valence-corrected chi connectivity index (χ3v) is 4.47. The van der Waals surface area contributed by atoms with E-state index in [-0.39, 0.29) is 17.9 Å². The number of hydrogen-bond donors (Lipinski definition) is 2. The lowest BCUT2D eigenvalue weighted by Crippen LogP contribution is -2.27. The second kappa shape index (κ2) is 8.15. The summed E-state index contributed by atoms with van der Waals surface area (Å²) in [7, 11) is 0. The van der Waals surface area contributed by atoms with Crippen LogP contribution in [0.2, 0.25) is 5.02 Å². The van der Waals surface area contributed by atoms with Gasteiger partial charge in [-0.2, -0.15) is 18.3 Å². The van der Waals surface area contributed by atoms with Crippen LogP contribution in [-0.2, 0) is 24.1 Å². The molecule has 0 aliphatic carbocycles. The minimum Gasteiger partial charge on any atom is -0.350 e. The number of aromatic nitrogens is 3. The molecule has 0 bridgehead atoms. The fraction of sp³-hybridized carbons (Fsp3) is 0.167. The number of carbonyl (C=O) groups is 1. The highest BCUT2D eigenvalue weighted by atomic mass is 35.5. The maximum Gasteiger partial charge on any atom is 0.416 e. The minimum atomic E-state index is -4.43. The van der Waals surface area contributed by atoms with Gasteiger partial charge >= 0.3 is 6.18 Å². The Kier molecular flexibility index (Phi) is 5.85. The van der Waals surface area contributed by atoms with E-state index < -0.39 is 17.6 Å². The predicted octanol–water partition coefficient (Wildman–Crippen LogP) is 4.60. The van der Waals surface area contributed by atoms with E-state index in [0.717, 1.165) is 12.1 Å². The fourth-order valence-electron chi connectivity index (χ4n) is 2.54. The molecule has 0 fully saturated rings. The molecule has 0 atom stereocenters. The van der Waals surface area contributed by atoms with E-state index in [4.69, 9.17) is 23.8 Å². The highest BCUT2D eigenvalue weighted by Gasteiger charge is 2.30. The van der Waals surface area contributed by atoms with E-state index in [0.29, 0.717) is 22.0 Å². The predicted molar refractivity (Wildman–Crippen MR) is 101 cm³/mol. The molecular formula is C18H14ClF3N4OS. The Hall–Kier alpha value is -2.65. The molecule has 3 aromatic rings. The standard InChI is InChI=1S/C18H14ClF3N4OS/c19-14-6-4-12(5-7-14)16-24-25-17(28)26(16)10-15(27)23-9-11-2-1-3-13(8-11)18(20,21)22/h1-8H,9-10H2,(H,23,27)(H,25,28). The first-order valence-electron chi connectivity index (χ1n) is 8.08. The number of halogens is 4. The maximum absolute atomic E-state index is 12.8. The van der Waals surface area contributed by atoms with Crippen molar-refractivity contribution >= 4 is 29.7 Å². The van der Waals surface area contributed by atoms with Crippen LogP contribution < -0.4 is 5.32 Å². The van der Waals surface area contributed by atoms with Gasteiger partial charge in [0.2, 0.25) is 5.91 Å². The van der Waals surface area contributed by atoms with Gasteiger partial charge < -0.3 is 5.32 Å². The maximum atomic E-state index is 12.8. The van der Waals surface area contributed by atoms with Crippen molar-refractivity contribution in [1.29, 1.82) is 0 Å². The Balaban J connectivity index is 1.70. The first kappa shape index (κ1) is 20.1. The van der Waals surface area contributed by atoms with E-state index in [1.165, 1.54) is 16.7 Å². The topological polar surface area (TPSA) is 62.7 Å². The molecular weight excluding hydrogens is 413 g/mol. The van der Waals surface area contributed by atoms with E-state index in [1.807, 2.05) is 0 Å². The number of aromatic amines is 1. The molecule has 1 amide bonds. The number of nitrogens with zero attached hydrogens (tertiary/aromatic N) is 2. The van der Waals surface area contributed by atoms with Crippen LogP contribution in [0.1, 0.15) is 11.1 Å². The van der Waals surface area contributed by atoms with Gasteiger partial charge in [0.1, 0.15) is 6.54 Å². The van der Waals surface area contributed by atoms with Gasteiger partial charge in [0.05, 0.1) is 5.56 Å². The smallest absolute Gasteiger partial charge is 0.350 e. The Morgan fingerprint density at radius 3 is 2.61 bits per heavy atom. The van der Waals surface area contributed by atoms with Crippen LogP contribution in [0.5, 0.6) is 0 Å². The average molecular weight is 427 g/mol. The summed E-state index contributed by atoms with van der Waals surface area (Å²) < 4.78 is 40.1. The fourth-order valence-corrected chi connectivity index (χ4v) is 2.86. The van der Waals surface area contributed by atoms with Gasteiger partial charge in [0, 0.05) is 17.1 Å². The molecule has 3 rings (SSSR count). The highest BCUT2D eigenvalue weighted by Crippen LogP contribution is 2.29. The van der Waals surface area contributed by atoms with E-state index in [9.17, 15) is 18.0 Å². The molecule has 10 heteroatoms. The third-order valence-electron chi connectivity index (χ3n) is 3.91. The number of H-pyrrole nitrogens is 1. The van der Waals surface area contributed by atoms with Crippen LogP contribution in [0.15, 0.2) is 48.5 Å². The van der Waals surface area contributed by atoms with Crippen molar-refractivity contribution in [3.63, 3.8) is 0 Å². The van der Waals surface area contributed by atoms with E-state index in [1.54, 1.807) is 24.3 Å². The van der Waals surface area contributed by atoms with Gasteiger partial charge in [0.15, 0.2) is 10.6 Å². The molecule has 0 saturated carbocycles. The Morgan fingerprint density at radius 1 is 1.21 bits per heavy atom. The summed E-state index contributed by atoms with van der Waals surface area (Å²) in [6, 6.07) is 11.7. The first-order chi connectivity index (χ1) is 13.2. The molecule has 0 aliphatic rings. The Bertz CT molecular complexity index is 1040. The van der Waals surface area contributed by atoms with E-state index in [2.05, 4.69) is 15.5 Å². The van der Waals surface area contributed by atoms with Crippen LogP contribution >= 0.6 is 23.8 Å². The molecule has 146 valence electrons. The number of benzene rings is 2. The monoisotopic (exact) mass is 426 g/mol. The highest BCUT2D eigenvalue weighted by molar-refractivity contribution is 7.71. The molecule has 0 radical (unpaired) electrons. The summed E-state index contributed by atoms with van der Waals surface area (Å²) >= 11 is 11.0. The lowest BCUT2D eigenvalue weighted by Gasteiger charge is -2.10. The Labute approximate surface area is 168 Å². The molecule has 0 saturated heterocycles. The van der Waals surface area contributed by atoms with Crippen molar-refractivity contribution in [2.75, 3.05) is 0 Å². The van der Waals surface area contributed by atoms with Crippen LogP contribution in [-0.4, -0.2) is 20.7 Å². The second-order valence-corrected chi connectivity index (χ2v) is 6.74. The zero-order valence-corrected chi connectivity index (χ0v) is 15.8. The van der Waals surface area contributed by atoms with Crippen LogP contribution in [0.4, 0.5) is 13.2 Å². The molecule has 2 aromatic carbocycles. The summed E-state index contributed by atoms with van der Waals surface area (Å²) in [6.07, 6.45) is -4.43. The van der Waals surface area contributed by atoms with Gasteiger partial charge in [-0.25, -0.2) is 0 Å². The molecule has 0 unspecified atom stereocenters. The van der Waals surface area contributed by atoms with Crippen molar-refractivity contribution in [2.24, 2.45) is 0 Å². The normalized spacial score (nSPS) is 11.4. The average Bonchev–Trinajstić information content (AvgIpc) is 3.01. The molecule has 2 N–H and O–H groups in total. The summed E-state index contributed by atoms with van der Waals surface area (Å²) in [5.74, 6) is 0.0426. The van der Waals surface area contributed by atoms with Crippen LogP contribution in [0.3, 0.4) is 0 Å². The molecule has 1 aromatic heterocycles.